The lowest BCUT2D eigenvalue weighted by atomic mass is 10.2. The van der Waals surface area contributed by atoms with Crippen LogP contribution in [0.2, 0.25) is 5.02 Å². The van der Waals surface area contributed by atoms with Gasteiger partial charge in [0, 0.05) is 10.7 Å². The fourth-order valence-corrected chi connectivity index (χ4v) is 2.81. The summed E-state index contributed by atoms with van der Waals surface area (Å²) in [5.74, 6) is -0.541. The van der Waals surface area contributed by atoms with Gasteiger partial charge in [-0.1, -0.05) is 45.7 Å². The molecule has 3 rings (SSSR count). The van der Waals surface area contributed by atoms with E-state index in [1.54, 1.807) is 42.5 Å². The summed E-state index contributed by atoms with van der Waals surface area (Å²) >= 11 is 9.41. The molecule has 1 aromatic heterocycles. The first-order chi connectivity index (χ1) is 12.0. The van der Waals surface area contributed by atoms with Gasteiger partial charge in [-0.25, -0.2) is 9.36 Å². The fraction of sp³-hybridized carbons (Fsp3) is 0. The van der Waals surface area contributed by atoms with Crippen molar-refractivity contribution >= 4 is 39.4 Å². The van der Waals surface area contributed by atoms with E-state index in [1.807, 2.05) is 6.07 Å². The molecule has 0 unspecified atom stereocenters. The average molecular weight is 421 g/mol. The third-order valence-corrected chi connectivity index (χ3v) is 4.18. The molecule has 0 bridgehead atoms. The molecule has 3 aromatic rings. The van der Waals surface area contributed by atoms with Crippen LogP contribution in [0.3, 0.4) is 0 Å². The zero-order chi connectivity index (χ0) is 18.0. The Morgan fingerprint density at radius 3 is 2.64 bits per heavy atom. The standard InChI is InChI=1S/C17H11BrClN3O3/c18-10-4-3-5-11(8-10)20-9-12-15(23)21-17(25)22(16(12)24)14-7-2-1-6-13(14)19/h1-9,24H,(H,21,23,25). The number of halogens is 2. The van der Waals surface area contributed by atoms with E-state index in [1.165, 1.54) is 6.21 Å². The van der Waals surface area contributed by atoms with E-state index in [2.05, 4.69) is 25.9 Å². The van der Waals surface area contributed by atoms with Crippen LogP contribution < -0.4 is 11.2 Å². The molecule has 126 valence electrons. The van der Waals surface area contributed by atoms with Crippen LogP contribution in [0.5, 0.6) is 5.88 Å². The van der Waals surface area contributed by atoms with Gasteiger partial charge >= 0.3 is 5.69 Å². The summed E-state index contributed by atoms with van der Waals surface area (Å²) in [6.45, 7) is 0. The molecule has 0 saturated heterocycles. The van der Waals surface area contributed by atoms with E-state index >= 15 is 0 Å². The lowest BCUT2D eigenvalue weighted by Gasteiger charge is -2.10. The Hall–Kier alpha value is -2.64. The number of H-pyrrole nitrogens is 1. The largest absolute Gasteiger partial charge is 0.493 e. The topological polar surface area (TPSA) is 87.5 Å². The molecule has 0 atom stereocenters. The zero-order valence-corrected chi connectivity index (χ0v) is 15.0. The van der Waals surface area contributed by atoms with Crippen molar-refractivity contribution in [2.45, 2.75) is 0 Å². The van der Waals surface area contributed by atoms with E-state index in [9.17, 15) is 14.7 Å². The highest BCUT2D eigenvalue weighted by Gasteiger charge is 2.15. The van der Waals surface area contributed by atoms with E-state index in [4.69, 9.17) is 11.6 Å². The molecule has 0 fully saturated rings. The number of aromatic hydroxyl groups is 1. The van der Waals surface area contributed by atoms with E-state index in [0.717, 1.165) is 9.04 Å². The quantitative estimate of drug-likeness (QED) is 0.637. The van der Waals surface area contributed by atoms with Crippen LogP contribution in [0.4, 0.5) is 5.69 Å². The van der Waals surface area contributed by atoms with Gasteiger partial charge in [-0.05, 0) is 30.3 Å². The highest BCUT2D eigenvalue weighted by molar-refractivity contribution is 9.10. The van der Waals surface area contributed by atoms with Crippen LogP contribution in [0.15, 0.2) is 67.6 Å². The van der Waals surface area contributed by atoms with Crippen LogP contribution in [-0.4, -0.2) is 20.9 Å². The third-order valence-electron chi connectivity index (χ3n) is 3.37. The monoisotopic (exact) mass is 419 g/mol. The number of aromatic amines is 1. The molecule has 6 nitrogen and oxygen atoms in total. The van der Waals surface area contributed by atoms with Gasteiger partial charge < -0.3 is 5.11 Å². The Morgan fingerprint density at radius 1 is 1.16 bits per heavy atom. The zero-order valence-electron chi connectivity index (χ0n) is 12.6. The van der Waals surface area contributed by atoms with Crippen molar-refractivity contribution in [3.05, 3.63) is 84.4 Å². The summed E-state index contributed by atoms with van der Waals surface area (Å²) in [6, 6.07) is 13.6. The van der Waals surface area contributed by atoms with Gasteiger partial charge in [0.25, 0.3) is 5.56 Å². The Kier molecular flexibility index (Phi) is 4.87. The molecule has 0 radical (unpaired) electrons. The second-order valence-corrected chi connectivity index (χ2v) is 6.34. The molecule has 0 saturated carbocycles. The lowest BCUT2D eigenvalue weighted by molar-refractivity contribution is 0.430. The molecular formula is C17H11BrClN3O3. The highest BCUT2D eigenvalue weighted by atomic mass is 79.9. The minimum absolute atomic E-state index is 0.153. The van der Waals surface area contributed by atoms with E-state index < -0.39 is 17.1 Å². The van der Waals surface area contributed by atoms with Crippen LogP contribution in [0.25, 0.3) is 5.69 Å². The van der Waals surface area contributed by atoms with Gasteiger partial charge in [0.2, 0.25) is 5.88 Å². The number of nitrogens with one attached hydrogen (secondary N) is 1. The second-order valence-electron chi connectivity index (χ2n) is 5.02. The van der Waals surface area contributed by atoms with Crippen molar-refractivity contribution in [1.82, 2.24) is 9.55 Å². The number of hydrogen-bond donors (Lipinski definition) is 2. The molecule has 0 aliphatic carbocycles. The maximum atomic E-state index is 12.1. The normalized spacial score (nSPS) is 11.1. The van der Waals surface area contributed by atoms with Gasteiger partial charge in [-0.3, -0.25) is 14.8 Å². The summed E-state index contributed by atoms with van der Waals surface area (Å²) in [5.41, 5.74) is -0.872. The third kappa shape index (κ3) is 3.57. The number of rotatable bonds is 3. The molecule has 0 amide bonds. The highest BCUT2D eigenvalue weighted by Crippen LogP contribution is 2.23. The first-order valence-electron chi connectivity index (χ1n) is 7.10. The van der Waals surface area contributed by atoms with Crippen molar-refractivity contribution in [2.75, 3.05) is 0 Å². The number of aliphatic imine (C=N–C) groups is 1. The first kappa shape index (κ1) is 17.2. The number of benzene rings is 2. The first-order valence-corrected chi connectivity index (χ1v) is 8.27. The molecule has 0 spiro atoms. The summed E-state index contributed by atoms with van der Waals surface area (Å²) in [4.78, 5) is 30.5. The SMILES string of the molecule is O=c1[nH]c(=O)n(-c2ccccc2Cl)c(O)c1C=Nc1cccc(Br)c1. The Bertz CT molecular complexity index is 1090. The second kappa shape index (κ2) is 7.08. The maximum Gasteiger partial charge on any atom is 0.335 e. The predicted octanol–water partition coefficient (Wildman–Crippen LogP) is 3.40. The van der Waals surface area contributed by atoms with Crippen molar-refractivity contribution in [3.63, 3.8) is 0 Å². The van der Waals surface area contributed by atoms with E-state index in [-0.39, 0.29) is 16.3 Å². The van der Waals surface area contributed by atoms with Gasteiger partial charge in [-0.2, -0.15) is 0 Å². The smallest absolute Gasteiger partial charge is 0.335 e. The minimum atomic E-state index is -0.796. The van der Waals surface area contributed by atoms with Crippen LogP contribution in [-0.2, 0) is 0 Å². The maximum absolute atomic E-state index is 12.1. The van der Waals surface area contributed by atoms with Crippen molar-refractivity contribution in [1.29, 1.82) is 0 Å². The molecule has 2 aromatic carbocycles. The molecule has 0 aliphatic rings. The van der Waals surface area contributed by atoms with Gasteiger partial charge in [0.15, 0.2) is 0 Å². The Labute approximate surface area is 155 Å². The Balaban J connectivity index is 2.16. The van der Waals surface area contributed by atoms with Gasteiger partial charge in [0.05, 0.1) is 16.4 Å². The fourth-order valence-electron chi connectivity index (χ4n) is 2.21. The molecule has 1 heterocycles. The number of nitrogens with zero attached hydrogens (tertiary/aromatic N) is 2. The summed E-state index contributed by atoms with van der Waals surface area (Å²) in [5, 5.41) is 10.7. The number of para-hydroxylation sites is 1. The van der Waals surface area contributed by atoms with Crippen molar-refractivity contribution in [2.24, 2.45) is 4.99 Å². The number of hydrogen-bond acceptors (Lipinski definition) is 4. The van der Waals surface area contributed by atoms with Gasteiger partial charge in [0.1, 0.15) is 5.56 Å². The summed E-state index contributed by atoms with van der Waals surface area (Å²) in [7, 11) is 0. The summed E-state index contributed by atoms with van der Waals surface area (Å²) in [6.07, 6.45) is 1.20. The van der Waals surface area contributed by atoms with Gasteiger partial charge in [-0.15, -0.1) is 0 Å². The van der Waals surface area contributed by atoms with Crippen LogP contribution in [0.1, 0.15) is 5.56 Å². The molecular weight excluding hydrogens is 410 g/mol. The molecule has 0 aliphatic heterocycles. The molecule has 8 heteroatoms. The number of aromatic nitrogens is 2. The average Bonchev–Trinajstić information content (AvgIpc) is 2.56. The van der Waals surface area contributed by atoms with Crippen molar-refractivity contribution in [3.8, 4) is 11.6 Å². The van der Waals surface area contributed by atoms with Crippen LogP contribution >= 0.6 is 27.5 Å². The van der Waals surface area contributed by atoms with E-state index in [0.29, 0.717) is 5.69 Å². The lowest BCUT2D eigenvalue weighted by Crippen LogP contribution is -2.31. The predicted molar refractivity (Wildman–Crippen MR) is 101 cm³/mol. The Morgan fingerprint density at radius 2 is 1.92 bits per heavy atom. The summed E-state index contributed by atoms with van der Waals surface area (Å²) < 4.78 is 1.74. The van der Waals surface area contributed by atoms with Crippen molar-refractivity contribution < 1.29 is 5.11 Å². The molecule has 2 N–H and O–H groups in total. The molecule has 25 heavy (non-hydrogen) atoms. The minimum Gasteiger partial charge on any atom is -0.493 e. The van der Waals surface area contributed by atoms with Crippen LogP contribution in [0, 0.1) is 0 Å².